The first-order chi connectivity index (χ1) is 13.1. The molecule has 8 heteroatoms. The van der Waals surface area contributed by atoms with Gasteiger partial charge in [0.15, 0.2) is 11.8 Å². The molecule has 0 spiro atoms. The summed E-state index contributed by atoms with van der Waals surface area (Å²) in [6.07, 6.45) is 3.11. The molecular weight excluding hydrogens is 483 g/mol. The van der Waals surface area contributed by atoms with Crippen molar-refractivity contribution in [2.24, 2.45) is 4.99 Å². The molecule has 1 aliphatic rings. The van der Waals surface area contributed by atoms with Crippen LogP contribution in [-0.2, 0) is 6.54 Å². The van der Waals surface area contributed by atoms with Crippen molar-refractivity contribution in [1.82, 2.24) is 25.0 Å². The smallest absolute Gasteiger partial charge is 0.194 e. The number of aromatic nitrogens is 3. The molecule has 0 saturated carbocycles. The molecule has 3 rings (SSSR count). The quantitative estimate of drug-likeness (QED) is 0.374. The number of aliphatic imine (C=N–C) groups is 1. The van der Waals surface area contributed by atoms with Gasteiger partial charge in [0, 0.05) is 42.5 Å². The highest BCUT2D eigenvalue weighted by atomic mass is 127. The number of aryl methyl sites for hydroxylation is 2. The van der Waals surface area contributed by atoms with Crippen LogP contribution >= 0.6 is 35.7 Å². The molecule has 2 aromatic rings. The number of nitrogens with one attached hydrogen (secondary N) is 1. The van der Waals surface area contributed by atoms with Gasteiger partial charge in [0.05, 0.1) is 12.2 Å². The van der Waals surface area contributed by atoms with E-state index in [0.717, 1.165) is 48.4 Å². The van der Waals surface area contributed by atoms with E-state index in [4.69, 9.17) is 4.99 Å². The normalized spacial score (nSPS) is 17.4. The average molecular weight is 514 g/mol. The van der Waals surface area contributed by atoms with Gasteiger partial charge in [-0.1, -0.05) is 13.0 Å². The van der Waals surface area contributed by atoms with Gasteiger partial charge in [-0.3, -0.25) is 0 Å². The second kappa shape index (κ2) is 11.0. The van der Waals surface area contributed by atoms with Crippen molar-refractivity contribution in [2.75, 3.05) is 25.4 Å². The lowest BCUT2D eigenvalue weighted by Crippen LogP contribution is -2.48. The Kier molecular flexibility index (Phi) is 9.07. The lowest BCUT2D eigenvalue weighted by atomic mass is 10.3. The van der Waals surface area contributed by atoms with Crippen molar-refractivity contribution in [2.45, 2.75) is 45.9 Å². The average Bonchev–Trinajstić information content (AvgIpc) is 3.03. The predicted molar refractivity (Wildman–Crippen MR) is 129 cm³/mol. The maximum Gasteiger partial charge on any atom is 0.194 e. The molecule has 2 aromatic heterocycles. The van der Waals surface area contributed by atoms with Gasteiger partial charge < -0.3 is 10.2 Å². The number of nitrogens with zero attached hydrogens (tertiary/aromatic N) is 5. The number of hydrogen-bond donors (Lipinski definition) is 1. The Hall–Kier alpha value is -1.29. The zero-order chi connectivity index (χ0) is 19.2. The van der Waals surface area contributed by atoms with Crippen LogP contribution in [0.15, 0.2) is 29.4 Å². The number of pyridine rings is 1. The van der Waals surface area contributed by atoms with Crippen LogP contribution in [0.1, 0.15) is 37.2 Å². The molecule has 0 aromatic carbocycles. The van der Waals surface area contributed by atoms with E-state index >= 15 is 0 Å². The molecule has 28 heavy (non-hydrogen) atoms. The third-order valence-electron chi connectivity index (χ3n) is 4.68. The maximum atomic E-state index is 4.86. The molecule has 3 heterocycles. The van der Waals surface area contributed by atoms with Gasteiger partial charge in [-0.25, -0.2) is 14.7 Å². The molecule has 0 bridgehead atoms. The van der Waals surface area contributed by atoms with Crippen LogP contribution in [0.4, 0.5) is 0 Å². The van der Waals surface area contributed by atoms with Crippen molar-refractivity contribution in [3.05, 3.63) is 41.3 Å². The molecular formula is C20H31IN6S. The van der Waals surface area contributed by atoms with E-state index in [9.17, 15) is 0 Å². The molecule has 0 amide bonds. The standard InChI is InChI=1S/C20H30N6S.HI/c1-5-18-14-25(9-10-27-18)20(21-6-2)23-13-17-7-8-19(22-12-17)26-16(4)11-15(3)24-26;/h7-8,11-12,18H,5-6,9-10,13-14H2,1-4H3,(H,21,23);1H. The van der Waals surface area contributed by atoms with E-state index in [1.165, 1.54) is 12.2 Å². The fourth-order valence-electron chi connectivity index (χ4n) is 3.25. The summed E-state index contributed by atoms with van der Waals surface area (Å²) < 4.78 is 1.88. The summed E-state index contributed by atoms with van der Waals surface area (Å²) in [6, 6.07) is 6.16. The van der Waals surface area contributed by atoms with Crippen molar-refractivity contribution >= 4 is 41.7 Å². The maximum absolute atomic E-state index is 4.86. The van der Waals surface area contributed by atoms with Crippen LogP contribution in [0.3, 0.4) is 0 Å². The lowest BCUT2D eigenvalue weighted by Gasteiger charge is -2.34. The Bertz CT molecular complexity index is 774. The fraction of sp³-hybridized carbons (Fsp3) is 0.550. The molecule has 0 radical (unpaired) electrons. The van der Waals surface area contributed by atoms with Crippen molar-refractivity contribution in [1.29, 1.82) is 0 Å². The topological polar surface area (TPSA) is 58.3 Å². The lowest BCUT2D eigenvalue weighted by molar-refractivity contribution is 0.408. The SMILES string of the molecule is CCNC(=NCc1ccc(-n2nc(C)cc2C)nc1)N1CCSC(CC)C1.I. The molecule has 1 saturated heterocycles. The Labute approximate surface area is 189 Å². The largest absolute Gasteiger partial charge is 0.357 e. The highest BCUT2D eigenvalue weighted by Gasteiger charge is 2.21. The molecule has 0 aliphatic carbocycles. The monoisotopic (exact) mass is 514 g/mol. The van der Waals surface area contributed by atoms with Crippen LogP contribution < -0.4 is 5.32 Å². The Morgan fingerprint density at radius 1 is 1.32 bits per heavy atom. The minimum absolute atomic E-state index is 0. The van der Waals surface area contributed by atoms with Gasteiger partial charge in [-0.2, -0.15) is 16.9 Å². The minimum atomic E-state index is 0. The van der Waals surface area contributed by atoms with Gasteiger partial charge in [0.1, 0.15) is 0 Å². The van der Waals surface area contributed by atoms with Crippen molar-refractivity contribution < 1.29 is 0 Å². The third-order valence-corrected chi connectivity index (χ3v) is 6.05. The van der Waals surface area contributed by atoms with E-state index in [1.807, 2.05) is 30.8 Å². The van der Waals surface area contributed by atoms with E-state index in [-0.39, 0.29) is 24.0 Å². The van der Waals surface area contributed by atoms with Gasteiger partial charge in [-0.15, -0.1) is 24.0 Å². The van der Waals surface area contributed by atoms with Crippen LogP contribution in [0.2, 0.25) is 0 Å². The van der Waals surface area contributed by atoms with Crippen molar-refractivity contribution in [3.8, 4) is 5.82 Å². The Morgan fingerprint density at radius 3 is 2.75 bits per heavy atom. The number of thioether (sulfide) groups is 1. The van der Waals surface area contributed by atoms with Gasteiger partial charge >= 0.3 is 0 Å². The van der Waals surface area contributed by atoms with E-state index in [1.54, 1.807) is 0 Å². The highest BCUT2D eigenvalue weighted by Crippen LogP contribution is 2.21. The fourth-order valence-corrected chi connectivity index (χ4v) is 4.43. The minimum Gasteiger partial charge on any atom is -0.357 e. The number of rotatable bonds is 5. The molecule has 1 atom stereocenters. The van der Waals surface area contributed by atoms with Gasteiger partial charge in [0.25, 0.3) is 0 Å². The first-order valence-corrected chi connectivity index (χ1v) is 10.8. The van der Waals surface area contributed by atoms with E-state index < -0.39 is 0 Å². The molecule has 1 aliphatic heterocycles. The molecule has 1 fully saturated rings. The summed E-state index contributed by atoms with van der Waals surface area (Å²) in [5, 5.41) is 8.64. The van der Waals surface area contributed by atoms with Crippen LogP contribution in [0.25, 0.3) is 5.82 Å². The zero-order valence-corrected chi connectivity index (χ0v) is 20.3. The van der Waals surface area contributed by atoms with Crippen LogP contribution in [0, 0.1) is 13.8 Å². The van der Waals surface area contributed by atoms with Gasteiger partial charge in [-0.05, 0) is 44.9 Å². The first-order valence-electron chi connectivity index (χ1n) is 9.74. The highest BCUT2D eigenvalue weighted by molar-refractivity contribution is 14.0. The summed E-state index contributed by atoms with van der Waals surface area (Å²) >= 11 is 2.08. The summed E-state index contributed by atoms with van der Waals surface area (Å²) in [4.78, 5) is 11.8. The van der Waals surface area contributed by atoms with E-state index in [0.29, 0.717) is 11.8 Å². The number of guanidine groups is 1. The summed E-state index contributed by atoms with van der Waals surface area (Å²) in [7, 11) is 0. The Balaban J connectivity index is 0.00000280. The van der Waals surface area contributed by atoms with Crippen molar-refractivity contribution in [3.63, 3.8) is 0 Å². The second-order valence-electron chi connectivity index (χ2n) is 6.88. The Morgan fingerprint density at radius 2 is 2.14 bits per heavy atom. The molecule has 154 valence electrons. The zero-order valence-electron chi connectivity index (χ0n) is 17.2. The predicted octanol–water partition coefficient (Wildman–Crippen LogP) is 3.80. The summed E-state index contributed by atoms with van der Waals surface area (Å²) in [5.74, 6) is 3.03. The third kappa shape index (κ3) is 5.85. The molecule has 6 nitrogen and oxygen atoms in total. The van der Waals surface area contributed by atoms with E-state index in [2.05, 4.69) is 58.0 Å². The second-order valence-corrected chi connectivity index (χ2v) is 8.29. The number of halogens is 1. The molecule has 1 N–H and O–H groups in total. The summed E-state index contributed by atoms with van der Waals surface area (Å²) in [5.41, 5.74) is 3.20. The van der Waals surface area contributed by atoms with Gasteiger partial charge in [0.2, 0.25) is 0 Å². The molecule has 1 unspecified atom stereocenters. The van der Waals surface area contributed by atoms with Crippen LogP contribution in [0.5, 0.6) is 0 Å². The first kappa shape index (κ1) is 23.0. The number of hydrogen-bond acceptors (Lipinski definition) is 4. The van der Waals surface area contributed by atoms with Crippen LogP contribution in [-0.4, -0.2) is 56.3 Å². The summed E-state index contributed by atoms with van der Waals surface area (Å²) in [6.45, 7) is 12.1.